The summed E-state index contributed by atoms with van der Waals surface area (Å²) in [5, 5.41) is 6.10. The van der Waals surface area contributed by atoms with Crippen molar-refractivity contribution in [1.29, 1.82) is 0 Å². The van der Waals surface area contributed by atoms with E-state index in [2.05, 4.69) is 274 Å². The van der Waals surface area contributed by atoms with E-state index in [-0.39, 0.29) is 0 Å². The van der Waals surface area contributed by atoms with Crippen LogP contribution in [-0.2, 0) is 0 Å². The molecule has 0 saturated carbocycles. The Morgan fingerprint density at radius 1 is 0.288 bits per heavy atom. The zero-order valence-corrected chi connectivity index (χ0v) is 36.0. The fourth-order valence-electron chi connectivity index (χ4n) is 10.2. The second-order valence-corrected chi connectivity index (χ2v) is 17.0. The minimum atomic E-state index is 1.08. The minimum Gasteiger partial charge on any atom is -0.317 e. The zero-order chi connectivity index (χ0) is 43.6. The molecule has 3 aromatic heterocycles. The predicted octanol–water partition coefficient (Wildman–Crippen LogP) is 16.6. The molecule has 0 aliphatic carbocycles. The Hall–Kier alpha value is -8.86. The van der Waals surface area contributed by atoms with Gasteiger partial charge in [0.25, 0.3) is 0 Å². The zero-order valence-electron chi connectivity index (χ0n) is 36.0. The van der Waals surface area contributed by atoms with Crippen molar-refractivity contribution < 1.29 is 0 Å². The van der Waals surface area contributed by atoms with Gasteiger partial charge in [-0.1, -0.05) is 146 Å². The van der Waals surface area contributed by atoms with Gasteiger partial charge in [0.1, 0.15) is 0 Å². The van der Waals surface area contributed by atoms with E-state index in [1.54, 1.807) is 0 Å². The molecule has 3 heterocycles. The number of aromatic nitrogens is 3. The Kier molecular flexibility index (Phi) is 8.81. The fraction of sp³-hybridized carbons (Fsp3) is 0. The molecule has 4 nitrogen and oxygen atoms in total. The highest BCUT2D eigenvalue weighted by Crippen LogP contribution is 2.44. The highest BCUT2D eigenvalue weighted by Gasteiger charge is 2.23. The molecule has 13 rings (SSSR count). The van der Waals surface area contributed by atoms with Crippen molar-refractivity contribution in [1.82, 2.24) is 13.7 Å². The van der Waals surface area contributed by atoms with Crippen molar-refractivity contribution in [3.8, 4) is 39.3 Å². The quantitative estimate of drug-likeness (QED) is 0.149. The normalized spacial score (nSPS) is 11.6. The molecule has 4 heteroatoms. The molecule has 0 radical (unpaired) electrons. The van der Waals surface area contributed by atoms with Gasteiger partial charge in [-0.25, -0.2) is 0 Å². The molecular formula is C62H42N4. The summed E-state index contributed by atoms with van der Waals surface area (Å²) < 4.78 is 7.23. The lowest BCUT2D eigenvalue weighted by atomic mass is 10.0. The van der Waals surface area contributed by atoms with Gasteiger partial charge in [-0.05, 0) is 125 Å². The molecule has 310 valence electrons. The molecule has 0 aliphatic rings. The first-order valence-corrected chi connectivity index (χ1v) is 22.6. The van der Waals surface area contributed by atoms with Crippen LogP contribution >= 0.6 is 0 Å². The van der Waals surface area contributed by atoms with Gasteiger partial charge in [-0.15, -0.1) is 0 Å². The third-order valence-electron chi connectivity index (χ3n) is 13.3. The lowest BCUT2D eigenvalue weighted by molar-refractivity contribution is 1.13. The summed E-state index contributed by atoms with van der Waals surface area (Å²) in [6, 6.07) is 90.1. The van der Waals surface area contributed by atoms with Gasteiger partial charge >= 0.3 is 0 Å². The molecule has 0 spiro atoms. The van der Waals surface area contributed by atoms with Gasteiger partial charge in [0.05, 0.1) is 27.6 Å². The van der Waals surface area contributed by atoms with E-state index in [0.29, 0.717) is 0 Å². The molecule has 66 heavy (non-hydrogen) atoms. The molecule has 0 aliphatic heterocycles. The van der Waals surface area contributed by atoms with E-state index >= 15 is 0 Å². The highest BCUT2D eigenvalue weighted by atomic mass is 15.1. The Balaban J connectivity index is 1.02. The number of anilines is 3. The summed E-state index contributed by atoms with van der Waals surface area (Å²) in [4.78, 5) is 2.36. The standard InChI is InChI=1S/C62H42N4/c1-5-15-43(16-6-1)45-25-29-50(30-26-45)64(51-31-27-46(28-32-51)44-17-7-2-8-18-44)52-33-35-53(36-34-52)66-60-41-47-39-40-63(48-19-9-3-10-20-48)59(47)42-56(60)54-37-38-58-61(62(54)66)55-23-13-14-24-57(55)65(58)49-21-11-4-12-22-49/h1-42H. The van der Waals surface area contributed by atoms with Crippen molar-refractivity contribution in [3.63, 3.8) is 0 Å². The van der Waals surface area contributed by atoms with Gasteiger partial charge < -0.3 is 18.6 Å². The molecule has 0 unspecified atom stereocenters. The molecule has 10 aromatic carbocycles. The van der Waals surface area contributed by atoms with E-state index < -0.39 is 0 Å². The largest absolute Gasteiger partial charge is 0.317 e. The van der Waals surface area contributed by atoms with Crippen LogP contribution in [0, 0.1) is 0 Å². The molecule has 0 bridgehead atoms. The maximum Gasteiger partial charge on any atom is 0.0641 e. The van der Waals surface area contributed by atoms with E-state index in [4.69, 9.17) is 0 Å². The van der Waals surface area contributed by atoms with Gasteiger partial charge in [-0.2, -0.15) is 0 Å². The van der Waals surface area contributed by atoms with Gasteiger partial charge in [0.15, 0.2) is 0 Å². The maximum absolute atomic E-state index is 2.51. The van der Waals surface area contributed by atoms with Gasteiger partial charge in [0.2, 0.25) is 0 Å². The monoisotopic (exact) mass is 842 g/mol. The van der Waals surface area contributed by atoms with Crippen LogP contribution in [0.15, 0.2) is 255 Å². The summed E-state index contributed by atoms with van der Waals surface area (Å²) >= 11 is 0. The van der Waals surface area contributed by atoms with Crippen LogP contribution in [0.1, 0.15) is 0 Å². The number of rotatable bonds is 8. The molecular weight excluding hydrogens is 801 g/mol. The second kappa shape index (κ2) is 15.4. The van der Waals surface area contributed by atoms with E-state index in [1.807, 2.05) is 0 Å². The molecule has 0 amide bonds. The number of benzene rings is 10. The van der Waals surface area contributed by atoms with Crippen molar-refractivity contribution in [2.75, 3.05) is 4.90 Å². The Morgan fingerprint density at radius 2 is 0.788 bits per heavy atom. The topological polar surface area (TPSA) is 18.0 Å². The maximum atomic E-state index is 2.51. The average molecular weight is 843 g/mol. The van der Waals surface area contributed by atoms with Crippen LogP contribution in [0.25, 0.3) is 93.8 Å². The number of para-hydroxylation sites is 3. The van der Waals surface area contributed by atoms with Crippen LogP contribution in [0.2, 0.25) is 0 Å². The van der Waals surface area contributed by atoms with Crippen LogP contribution in [0.5, 0.6) is 0 Å². The van der Waals surface area contributed by atoms with Crippen LogP contribution in [0.3, 0.4) is 0 Å². The van der Waals surface area contributed by atoms with E-state index in [9.17, 15) is 0 Å². The Morgan fingerprint density at radius 3 is 1.39 bits per heavy atom. The molecule has 13 aromatic rings. The summed E-state index contributed by atoms with van der Waals surface area (Å²) in [7, 11) is 0. The van der Waals surface area contributed by atoms with Crippen LogP contribution < -0.4 is 4.90 Å². The number of hydrogen-bond donors (Lipinski definition) is 0. The first kappa shape index (κ1) is 37.7. The van der Waals surface area contributed by atoms with E-state index in [1.165, 1.54) is 76.8 Å². The average Bonchev–Trinajstić information content (AvgIpc) is 4.07. The fourth-order valence-corrected chi connectivity index (χ4v) is 10.2. The van der Waals surface area contributed by atoms with Crippen molar-refractivity contribution in [2.45, 2.75) is 0 Å². The third kappa shape index (κ3) is 6.15. The number of nitrogens with zero attached hydrogens (tertiary/aromatic N) is 4. The summed E-state index contributed by atoms with van der Waals surface area (Å²) in [5.74, 6) is 0. The van der Waals surface area contributed by atoms with Crippen LogP contribution in [-0.4, -0.2) is 13.7 Å². The highest BCUT2D eigenvalue weighted by molar-refractivity contribution is 6.27. The first-order chi connectivity index (χ1) is 32.7. The number of hydrogen-bond acceptors (Lipinski definition) is 1. The Labute approximate surface area is 382 Å². The van der Waals surface area contributed by atoms with Gasteiger partial charge in [-0.3, -0.25) is 0 Å². The molecule has 0 fully saturated rings. The molecule has 0 saturated heterocycles. The smallest absolute Gasteiger partial charge is 0.0641 e. The SMILES string of the molecule is c1ccc(-c2ccc(N(c3ccc(-c4ccccc4)cc3)c3ccc(-n4c5cc6ccn(-c7ccccc7)c6cc5c5ccc6c(c7ccccc7n6-c6ccccc6)c54)cc3)cc2)cc1. The van der Waals surface area contributed by atoms with Gasteiger partial charge in [0, 0.05) is 67.3 Å². The third-order valence-corrected chi connectivity index (χ3v) is 13.3. The summed E-state index contributed by atoms with van der Waals surface area (Å²) in [5.41, 5.74) is 17.3. The van der Waals surface area contributed by atoms with Crippen molar-refractivity contribution >= 4 is 71.6 Å². The lowest BCUT2D eigenvalue weighted by Gasteiger charge is -2.26. The summed E-state index contributed by atoms with van der Waals surface area (Å²) in [6.07, 6.45) is 2.19. The van der Waals surface area contributed by atoms with Crippen LogP contribution in [0.4, 0.5) is 17.1 Å². The lowest BCUT2D eigenvalue weighted by Crippen LogP contribution is -2.10. The van der Waals surface area contributed by atoms with Crippen molar-refractivity contribution in [2.24, 2.45) is 0 Å². The second-order valence-electron chi connectivity index (χ2n) is 17.0. The van der Waals surface area contributed by atoms with E-state index in [0.717, 1.165) is 34.1 Å². The summed E-state index contributed by atoms with van der Waals surface area (Å²) in [6.45, 7) is 0. The predicted molar refractivity (Wildman–Crippen MR) is 278 cm³/mol. The Bertz CT molecular complexity index is 3780. The number of fused-ring (bicyclic) bond motifs is 8. The minimum absolute atomic E-state index is 1.08. The molecule has 0 atom stereocenters. The van der Waals surface area contributed by atoms with Crippen molar-refractivity contribution in [3.05, 3.63) is 255 Å². The first-order valence-electron chi connectivity index (χ1n) is 22.6. The molecule has 0 N–H and O–H groups in total.